The highest BCUT2D eigenvalue weighted by atomic mass is 16.2. The lowest BCUT2D eigenvalue weighted by molar-refractivity contribution is -0.385. The van der Waals surface area contributed by atoms with Gasteiger partial charge in [-0.3, -0.25) is 10.5 Å². The lowest BCUT2D eigenvalue weighted by Crippen LogP contribution is -2.71. The topological polar surface area (TPSA) is 114 Å². The number of carbonyl (C=O) groups excluding carboxylic acids is 2. The fraction of sp³-hybridized carbons (Fsp3) is 0.182. The van der Waals surface area contributed by atoms with Crippen molar-refractivity contribution < 1.29 is 14.6 Å². The van der Waals surface area contributed by atoms with Gasteiger partial charge in [-0.15, -0.1) is 0 Å². The summed E-state index contributed by atoms with van der Waals surface area (Å²) in [7, 11) is 0. The molecule has 0 fully saturated rings. The first kappa shape index (κ1) is 10.6. The molecule has 3 heterocycles. The fourth-order valence-corrected chi connectivity index (χ4v) is 2.21. The summed E-state index contributed by atoms with van der Waals surface area (Å²) in [5, 5.41) is 5.25. The molecule has 1 aromatic rings. The number of rotatable bonds is 0. The van der Waals surface area contributed by atoms with E-state index in [4.69, 9.17) is 5.73 Å². The van der Waals surface area contributed by atoms with Gasteiger partial charge >= 0.3 is 11.9 Å². The van der Waals surface area contributed by atoms with Gasteiger partial charge in [0.05, 0.1) is 0 Å². The van der Waals surface area contributed by atoms with Crippen LogP contribution < -0.4 is 21.4 Å². The number of nitrogens with one attached hydrogen (secondary N) is 4. The molecule has 7 heteroatoms. The standard InChI is InChI=1S/C11H11N5O2/c12-11-15-8(10(18)16-11)6-2-4-14-9(17)7-5(6)1-3-13-7/h1,3,13H,2,4H2,(H,14,17)(H3,12,15,16,18)/p+1/b8-6-. The van der Waals surface area contributed by atoms with Crippen LogP contribution in [0.15, 0.2) is 18.0 Å². The fourth-order valence-electron chi connectivity index (χ4n) is 2.21. The molecule has 0 unspecified atom stereocenters. The van der Waals surface area contributed by atoms with Crippen LogP contribution in [0.4, 0.5) is 0 Å². The molecule has 7 nitrogen and oxygen atoms in total. The molecule has 2 amide bonds. The third-order valence-electron chi connectivity index (χ3n) is 3.00. The number of hydrogen-bond donors (Lipinski definition) is 5. The summed E-state index contributed by atoms with van der Waals surface area (Å²) in [5.74, 6) is -0.229. The minimum atomic E-state index is -0.274. The first-order valence-electron chi connectivity index (χ1n) is 5.56. The lowest BCUT2D eigenvalue weighted by atomic mass is 10.0. The van der Waals surface area contributed by atoms with Crippen molar-refractivity contribution >= 4 is 23.3 Å². The molecule has 18 heavy (non-hydrogen) atoms. The van der Waals surface area contributed by atoms with E-state index in [1.165, 1.54) is 0 Å². The van der Waals surface area contributed by atoms with Crippen LogP contribution in [0.5, 0.6) is 0 Å². The molecule has 6 N–H and O–H groups in total. The first-order valence-corrected chi connectivity index (χ1v) is 5.56. The van der Waals surface area contributed by atoms with Crippen molar-refractivity contribution in [2.24, 2.45) is 5.73 Å². The van der Waals surface area contributed by atoms with Crippen LogP contribution in [0.2, 0.25) is 0 Å². The molecule has 2 aliphatic rings. The van der Waals surface area contributed by atoms with Gasteiger partial charge in [0.15, 0.2) is 5.70 Å². The Morgan fingerprint density at radius 2 is 2.11 bits per heavy atom. The van der Waals surface area contributed by atoms with Gasteiger partial charge in [-0.25, -0.2) is 15.1 Å². The Kier molecular flexibility index (Phi) is 2.19. The number of guanidine groups is 1. The Morgan fingerprint density at radius 3 is 2.83 bits per heavy atom. The molecule has 3 rings (SSSR count). The second-order valence-electron chi connectivity index (χ2n) is 4.12. The van der Waals surface area contributed by atoms with Crippen molar-refractivity contribution in [1.82, 2.24) is 15.6 Å². The third kappa shape index (κ3) is 1.48. The summed E-state index contributed by atoms with van der Waals surface area (Å²) in [4.78, 5) is 29.2. The second kappa shape index (κ2) is 3.73. The quantitative estimate of drug-likeness (QED) is 0.323. The van der Waals surface area contributed by atoms with Crippen LogP contribution in [0.25, 0.3) is 5.57 Å². The zero-order valence-electron chi connectivity index (χ0n) is 9.46. The van der Waals surface area contributed by atoms with E-state index in [9.17, 15) is 9.59 Å². The number of carbonyl (C=O) groups is 2. The lowest BCUT2D eigenvalue weighted by Gasteiger charge is -2.02. The average Bonchev–Trinajstić information content (AvgIpc) is 2.88. The number of fused-ring (bicyclic) bond motifs is 1. The number of aromatic nitrogens is 1. The van der Waals surface area contributed by atoms with Gasteiger partial charge in [0.25, 0.3) is 5.91 Å². The molecule has 0 spiro atoms. The van der Waals surface area contributed by atoms with Crippen LogP contribution in [0.1, 0.15) is 22.5 Å². The number of amides is 2. The maximum Gasteiger partial charge on any atom is 0.353 e. The molecule has 0 saturated carbocycles. The zero-order valence-corrected chi connectivity index (χ0v) is 9.46. The Labute approximate surface area is 102 Å². The van der Waals surface area contributed by atoms with Gasteiger partial charge < -0.3 is 10.3 Å². The van der Waals surface area contributed by atoms with E-state index in [2.05, 4.69) is 20.6 Å². The molecule has 92 valence electrons. The Hall–Kier alpha value is -2.57. The molecule has 0 bridgehead atoms. The number of H-pyrrole nitrogens is 1. The summed E-state index contributed by atoms with van der Waals surface area (Å²) >= 11 is 0. The van der Waals surface area contributed by atoms with Crippen molar-refractivity contribution in [2.45, 2.75) is 6.42 Å². The van der Waals surface area contributed by atoms with Crippen LogP contribution in [0, 0.1) is 0 Å². The van der Waals surface area contributed by atoms with E-state index >= 15 is 0 Å². The van der Waals surface area contributed by atoms with Crippen molar-refractivity contribution in [1.29, 1.82) is 0 Å². The molecular formula is C11H12N5O2+. The van der Waals surface area contributed by atoms with Gasteiger partial charge in [-0.2, -0.15) is 0 Å². The zero-order chi connectivity index (χ0) is 12.7. The normalized spacial score (nSPS) is 23.0. The third-order valence-corrected chi connectivity index (χ3v) is 3.00. The summed E-state index contributed by atoms with van der Waals surface area (Å²) < 4.78 is 0. The SMILES string of the molecule is NC1=[NH+]/C(=C2/CCNC(=O)c3[nH]ccc32)C(=O)N1. The molecule has 0 aliphatic carbocycles. The van der Waals surface area contributed by atoms with Gasteiger partial charge in [0.1, 0.15) is 5.69 Å². The second-order valence-corrected chi connectivity index (χ2v) is 4.12. The number of aromatic amines is 1. The smallest absolute Gasteiger partial charge is 0.353 e. The predicted molar refractivity (Wildman–Crippen MR) is 63.0 cm³/mol. The summed E-state index contributed by atoms with van der Waals surface area (Å²) in [6, 6.07) is 1.78. The van der Waals surface area contributed by atoms with Crippen molar-refractivity contribution in [3.63, 3.8) is 0 Å². The van der Waals surface area contributed by atoms with E-state index < -0.39 is 0 Å². The Balaban J connectivity index is 2.19. The average molecular weight is 246 g/mol. The number of nitrogens with two attached hydrogens (primary N) is 1. The van der Waals surface area contributed by atoms with Crippen LogP contribution in [0.3, 0.4) is 0 Å². The van der Waals surface area contributed by atoms with E-state index in [0.29, 0.717) is 24.4 Å². The van der Waals surface area contributed by atoms with Gasteiger partial charge in [0.2, 0.25) is 0 Å². The van der Waals surface area contributed by atoms with Crippen LogP contribution >= 0.6 is 0 Å². The highest BCUT2D eigenvalue weighted by Gasteiger charge is 2.31. The van der Waals surface area contributed by atoms with Crippen molar-refractivity contribution in [3.8, 4) is 0 Å². The van der Waals surface area contributed by atoms with Crippen molar-refractivity contribution in [3.05, 3.63) is 29.2 Å². The van der Waals surface area contributed by atoms with E-state index in [1.807, 2.05) is 0 Å². The summed E-state index contributed by atoms with van der Waals surface area (Å²) in [5.41, 5.74) is 7.92. The largest absolute Gasteiger partial charge is 0.357 e. The van der Waals surface area contributed by atoms with Gasteiger partial charge in [-0.05, 0) is 12.5 Å². The first-order chi connectivity index (χ1) is 8.66. The van der Waals surface area contributed by atoms with E-state index in [0.717, 1.165) is 11.1 Å². The van der Waals surface area contributed by atoms with Gasteiger partial charge in [0, 0.05) is 23.9 Å². The maximum atomic E-state index is 11.8. The molecular weight excluding hydrogens is 234 g/mol. The predicted octanol–water partition coefficient (Wildman–Crippen LogP) is -2.62. The highest BCUT2D eigenvalue weighted by Crippen LogP contribution is 2.25. The minimum Gasteiger partial charge on any atom is -0.357 e. The van der Waals surface area contributed by atoms with Crippen LogP contribution in [-0.2, 0) is 4.79 Å². The Morgan fingerprint density at radius 1 is 1.28 bits per heavy atom. The molecule has 2 aliphatic heterocycles. The maximum absolute atomic E-state index is 11.8. The highest BCUT2D eigenvalue weighted by molar-refractivity contribution is 6.11. The minimum absolute atomic E-state index is 0.166. The molecule has 1 aromatic heterocycles. The molecule has 0 atom stereocenters. The van der Waals surface area contributed by atoms with Crippen LogP contribution in [-0.4, -0.2) is 29.3 Å². The van der Waals surface area contributed by atoms with Gasteiger partial charge in [-0.1, -0.05) is 0 Å². The molecule has 0 saturated heterocycles. The van der Waals surface area contributed by atoms with E-state index in [1.54, 1.807) is 12.3 Å². The molecule has 0 radical (unpaired) electrons. The summed E-state index contributed by atoms with van der Waals surface area (Å²) in [6.07, 6.45) is 2.25. The monoisotopic (exact) mass is 246 g/mol. The van der Waals surface area contributed by atoms with Crippen molar-refractivity contribution in [2.75, 3.05) is 6.54 Å². The number of hydrogen-bond acceptors (Lipinski definition) is 3. The molecule has 0 aromatic carbocycles. The van der Waals surface area contributed by atoms with E-state index in [-0.39, 0.29) is 17.8 Å². The Bertz CT molecular complexity index is 611. The summed E-state index contributed by atoms with van der Waals surface area (Å²) in [6.45, 7) is 0.481.